The highest BCUT2D eigenvalue weighted by atomic mass is 35.5. The first-order valence-corrected chi connectivity index (χ1v) is 11.7. The molecule has 3 N–H and O–H groups in total. The summed E-state index contributed by atoms with van der Waals surface area (Å²) in [7, 11) is 0. The number of nitriles is 1. The maximum absolute atomic E-state index is 13.6. The number of anilines is 1. The van der Waals surface area contributed by atoms with Crippen molar-refractivity contribution in [2.45, 2.75) is 37.8 Å². The van der Waals surface area contributed by atoms with Gasteiger partial charge in [0.25, 0.3) is 5.91 Å². The van der Waals surface area contributed by atoms with E-state index in [0.717, 1.165) is 25.7 Å². The fourth-order valence-electron chi connectivity index (χ4n) is 4.70. The number of H-pyrrole nitrogens is 1. The van der Waals surface area contributed by atoms with Gasteiger partial charge in [-0.2, -0.15) is 15.5 Å². The molecule has 0 aliphatic heterocycles. The van der Waals surface area contributed by atoms with Crippen LogP contribution in [0.25, 0.3) is 16.7 Å². The average Bonchev–Trinajstić information content (AvgIpc) is 3.76. The van der Waals surface area contributed by atoms with Crippen LogP contribution in [0.4, 0.5) is 5.69 Å². The van der Waals surface area contributed by atoms with Crippen molar-refractivity contribution in [1.29, 1.82) is 5.26 Å². The van der Waals surface area contributed by atoms with Crippen LogP contribution in [0.15, 0.2) is 36.7 Å². The number of hydrogen-bond donors (Lipinski definition) is 3. The van der Waals surface area contributed by atoms with E-state index in [0.29, 0.717) is 50.2 Å². The Bertz CT molecular complexity index is 1510. The molecule has 0 spiro atoms. The first-order chi connectivity index (χ1) is 17.0. The molecule has 2 aliphatic rings. The van der Waals surface area contributed by atoms with E-state index in [-0.39, 0.29) is 18.0 Å². The van der Waals surface area contributed by atoms with Crippen LogP contribution in [0.5, 0.6) is 5.88 Å². The summed E-state index contributed by atoms with van der Waals surface area (Å²) in [5.41, 5.74) is 1.86. The zero-order valence-electron chi connectivity index (χ0n) is 18.5. The van der Waals surface area contributed by atoms with E-state index >= 15 is 0 Å². The monoisotopic (exact) mass is 487 g/mol. The molecule has 0 saturated heterocycles. The Kier molecular flexibility index (Phi) is 4.89. The van der Waals surface area contributed by atoms with Gasteiger partial charge in [-0.15, -0.1) is 0 Å². The van der Waals surface area contributed by atoms with Gasteiger partial charge < -0.3 is 15.7 Å². The minimum atomic E-state index is -0.453. The SMILES string of the molecule is N#Cc1cc2cn[nH]c2c(C(=O)NC2(C3CC3)CC2)c1NCc1cc([O-])nn1-c1ncccc1Cl. The third-order valence-corrected chi connectivity index (χ3v) is 7.04. The third-order valence-electron chi connectivity index (χ3n) is 6.74. The Hall–Kier alpha value is -4.10. The molecule has 0 radical (unpaired) electrons. The maximum atomic E-state index is 13.6. The zero-order valence-corrected chi connectivity index (χ0v) is 19.3. The summed E-state index contributed by atoms with van der Waals surface area (Å²) < 4.78 is 1.37. The minimum Gasteiger partial charge on any atom is -0.857 e. The molecule has 3 heterocycles. The van der Waals surface area contributed by atoms with E-state index in [1.165, 1.54) is 10.7 Å². The number of aromatic amines is 1. The van der Waals surface area contributed by atoms with Crippen molar-refractivity contribution in [1.82, 2.24) is 30.3 Å². The number of benzene rings is 1. The fourth-order valence-corrected chi connectivity index (χ4v) is 4.90. The summed E-state index contributed by atoms with van der Waals surface area (Å²) in [6.45, 7) is 0.102. The summed E-state index contributed by atoms with van der Waals surface area (Å²) in [6, 6.07) is 8.57. The molecular formula is C24H20ClN8O2-. The van der Waals surface area contributed by atoms with E-state index in [1.54, 1.807) is 30.6 Å². The van der Waals surface area contributed by atoms with Gasteiger partial charge in [0.2, 0.25) is 0 Å². The molecule has 2 saturated carbocycles. The van der Waals surface area contributed by atoms with Crippen LogP contribution >= 0.6 is 11.6 Å². The lowest BCUT2D eigenvalue weighted by molar-refractivity contribution is -0.275. The van der Waals surface area contributed by atoms with Gasteiger partial charge in [0.1, 0.15) is 6.07 Å². The van der Waals surface area contributed by atoms with Crippen LogP contribution in [-0.2, 0) is 6.54 Å². The van der Waals surface area contributed by atoms with Crippen molar-refractivity contribution in [2.75, 3.05) is 5.32 Å². The number of hydrogen-bond acceptors (Lipinski definition) is 7. The highest BCUT2D eigenvalue weighted by molar-refractivity contribution is 6.32. The fraction of sp³-hybridized carbons (Fsp3) is 0.292. The maximum Gasteiger partial charge on any atom is 0.256 e. The number of aromatic nitrogens is 5. The lowest BCUT2D eigenvalue weighted by atomic mass is 10.0. The molecule has 11 heteroatoms. The smallest absolute Gasteiger partial charge is 0.256 e. The van der Waals surface area contributed by atoms with Crippen molar-refractivity contribution in [2.24, 2.45) is 5.92 Å². The highest BCUT2D eigenvalue weighted by Crippen LogP contribution is 2.54. The van der Waals surface area contributed by atoms with Gasteiger partial charge in [0.05, 0.1) is 45.8 Å². The molecule has 2 aliphatic carbocycles. The Labute approximate surface area is 204 Å². The van der Waals surface area contributed by atoms with Crippen molar-refractivity contribution >= 4 is 34.1 Å². The van der Waals surface area contributed by atoms with E-state index in [4.69, 9.17) is 11.6 Å². The quantitative estimate of drug-likeness (QED) is 0.363. The lowest BCUT2D eigenvalue weighted by Gasteiger charge is -2.20. The van der Waals surface area contributed by atoms with Gasteiger partial charge in [0, 0.05) is 23.0 Å². The summed E-state index contributed by atoms with van der Waals surface area (Å²) in [5, 5.41) is 40.4. The number of nitrogens with zero attached hydrogens (tertiary/aromatic N) is 5. The van der Waals surface area contributed by atoms with E-state index < -0.39 is 5.88 Å². The first kappa shape index (κ1) is 21.4. The van der Waals surface area contributed by atoms with Crippen molar-refractivity contribution in [3.05, 3.63) is 58.5 Å². The second kappa shape index (κ2) is 7.99. The molecule has 6 rings (SSSR count). The molecule has 0 unspecified atom stereocenters. The van der Waals surface area contributed by atoms with Gasteiger partial charge in [-0.1, -0.05) is 11.6 Å². The van der Waals surface area contributed by atoms with E-state index in [9.17, 15) is 15.2 Å². The number of carbonyl (C=O) groups excluding carboxylic acids is 1. The lowest BCUT2D eigenvalue weighted by Crippen LogP contribution is -2.39. The number of nitrogens with one attached hydrogen (secondary N) is 3. The predicted octanol–water partition coefficient (Wildman–Crippen LogP) is 3.03. The van der Waals surface area contributed by atoms with Gasteiger partial charge in [-0.25, -0.2) is 9.67 Å². The Morgan fingerprint density at radius 2 is 2.20 bits per heavy atom. The number of pyridine rings is 1. The number of amides is 1. The molecule has 0 atom stereocenters. The zero-order chi connectivity index (χ0) is 24.2. The summed E-state index contributed by atoms with van der Waals surface area (Å²) >= 11 is 6.27. The van der Waals surface area contributed by atoms with Crippen molar-refractivity contribution in [3.8, 4) is 17.8 Å². The molecule has 10 nitrogen and oxygen atoms in total. The minimum absolute atomic E-state index is 0.102. The van der Waals surface area contributed by atoms with Crippen molar-refractivity contribution < 1.29 is 9.90 Å². The van der Waals surface area contributed by atoms with E-state index in [1.807, 2.05) is 0 Å². The van der Waals surface area contributed by atoms with Crippen LogP contribution < -0.4 is 15.7 Å². The van der Waals surface area contributed by atoms with Crippen LogP contribution in [-0.4, -0.2) is 36.4 Å². The normalized spacial score (nSPS) is 16.1. The van der Waals surface area contributed by atoms with Gasteiger partial charge in [-0.05, 0) is 55.9 Å². The number of fused-ring (bicyclic) bond motifs is 1. The predicted molar refractivity (Wildman–Crippen MR) is 126 cm³/mol. The molecule has 1 aromatic carbocycles. The second-order valence-electron chi connectivity index (χ2n) is 9.05. The standard InChI is InChI=1S/C24H21ClN8O2/c25-17-2-1-7-27-22(17)33-16(9-18(34)32-33)12-28-20-13(10-26)8-14-11-29-31-21(14)19(20)23(35)30-24(5-6-24)15-3-4-15/h1-2,7-9,11,15,28H,3-6,12H2,(H,29,31)(H,30,35)(H,32,34)/p-1. The number of halogens is 1. The third kappa shape index (κ3) is 3.74. The number of rotatable bonds is 7. The summed E-state index contributed by atoms with van der Waals surface area (Å²) in [6.07, 6.45) is 7.33. The second-order valence-corrected chi connectivity index (χ2v) is 9.46. The number of carbonyl (C=O) groups is 1. The summed E-state index contributed by atoms with van der Waals surface area (Å²) in [5.74, 6) is 0.128. The Morgan fingerprint density at radius 1 is 1.37 bits per heavy atom. The van der Waals surface area contributed by atoms with Gasteiger partial charge in [-0.3, -0.25) is 9.89 Å². The topological polar surface area (TPSA) is 147 Å². The highest BCUT2D eigenvalue weighted by Gasteiger charge is 2.55. The molecule has 176 valence electrons. The first-order valence-electron chi connectivity index (χ1n) is 11.3. The molecule has 4 aromatic rings. The molecule has 2 fully saturated rings. The molecule has 3 aromatic heterocycles. The molecule has 0 bridgehead atoms. The molecule has 35 heavy (non-hydrogen) atoms. The molecular weight excluding hydrogens is 468 g/mol. The Morgan fingerprint density at radius 3 is 2.91 bits per heavy atom. The van der Waals surface area contributed by atoms with Crippen molar-refractivity contribution in [3.63, 3.8) is 0 Å². The van der Waals surface area contributed by atoms with Crippen LogP contribution in [0.3, 0.4) is 0 Å². The van der Waals surface area contributed by atoms with Gasteiger partial charge >= 0.3 is 0 Å². The largest absolute Gasteiger partial charge is 0.857 e. The van der Waals surface area contributed by atoms with Crippen LogP contribution in [0, 0.1) is 17.2 Å². The summed E-state index contributed by atoms with van der Waals surface area (Å²) in [4.78, 5) is 17.8. The van der Waals surface area contributed by atoms with Gasteiger partial charge in [0.15, 0.2) is 5.82 Å². The van der Waals surface area contributed by atoms with E-state index in [2.05, 4.69) is 37.0 Å². The molecule has 1 amide bonds. The Balaban J connectivity index is 1.38. The van der Waals surface area contributed by atoms with Crippen LogP contribution in [0.1, 0.15) is 47.3 Å². The van der Waals surface area contributed by atoms with Crippen LogP contribution in [0.2, 0.25) is 5.02 Å². The average molecular weight is 488 g/mol.